The minimum atomic E-state index is 0.426. The molecule has 1 heterocycles. The summed E-state index contributed by atoms with van der Waals surface area (Å²) in [4.78, 5) is 14.3. The van der Waals surface area contributed by atoms with E-state index in [0.717, 1.165) is 16.5 Å². The van der Waals surface area contributed by atoms with Gasteiger partial charge in [-0.1, -0.05) is 0 Å². The molecule has 70 valence electrons. The van der Waals surface area contributed by atoms with Crippen molar-refractivity contribution >= 4 is 17.2 Å². The largest absolute Gasteiger partial charge is 0.429 e. The number of carbonyl (C=O) groups is 1. The number of hydrogen-bond acceptors (Lipinski definition) is 3. The summed E-state index contributed by atoms with van der Waals surface area (Å²) in [5, 5.41) is 2.10. The molecule has 0 fully saturated rings. The van der Waals surface area contributed by atoms with Gasteiger partial charge in [0.05, 0.1) is 0 Å². The summed E-state index contributed by atoms with van der Waals surface area (Å²) in [6.07, 6.45) is 1.74. The summed E-state index contributed by atoms with van der Waals surface area (Å²) in [6.45, 7) is 2.37. The van der Waals surface area contributed by atoms with Crippen molar-refractivity contribution in [3.05, 3.63) is 36.2 Å². The van der Waals surface area contributed by atoms with E-state index >= 15 is 0 Å². The predicted molar refractivity (Wildman–Crippen MR) is 53.2 cm³/mol. The maximum absolute atomic E-state index is 10.1. The van der Waals surface area contributed by atoms with Crippen LogP contribution in [0.2, 0.25) is 0 Å². The third kappa shape index (κ3) is 1.44. The Morgan fingerprint density at radius 1 is 1.36 bits per heavy atom. The smallest absolute Gasteiger partial charge is 0.298 e. The van der Waals surface area contributed by atoms with Gasteiger partial charge >= 0.3 is 0 Å². The summed E-state index contributed by atoms with van der Waals surface area (Å²) in [6, 6.07) is 7.36. The molecule has 0 aliphatic heterocycles. The van der Waals surface area contributed by atoms with Crippen molar-refractivity contribution in [2.24, 2.45) is 0 Å². The zero-order chi connectivity index (χ0) is 9.97. The monoisotopic (exact) mass is 187 g/mol. The van der Waals surface area contributed by atoms with Gasteiger partial charge in [-0.3, -0.25) is 9.78 Å². The lowest BCUT2D eigenvalue weighted by Crippen LogP contribution is -1.89. The average Bonchev–Trinajstić information content (AvgIpc) is 2.18. The van der Waals surface area contributed by atoms with Crippen molar-refractivity contribution in [1.29, 1.82) is 0 Å². The lowest BCUT2D eigenvalue weighted by Gasteiger charge is -2.02. The zero-order valence-corrected chi connectivity index (χ0v) is 7.73. The van der Waals surface area contributed by atoms with E-state index in [4.69, 9.17) is 4.74 Å². The van der Waals surface area contributed by atoms with Crippen molar-refractivity contribution in [1.82, 2.24) is 4.98 Å². The van der Waals surface area contributed by atoms with Crippen LogP contribution in [0.25, 0.3) is 10.8 Å². The average molecular weight is 187 g/mol. The number of rotatable bonds is 2. The Morgan fingerprint density at radius 3 is 3.00 bits per heavy atom. The number of ether oxygens (including phenoxy) is 1. The van der Waals surface area contributed by atoms with Gasteiger partial charge in [0.15, 0.2) is 0 Å². The molecule has 0 radical (unpaired) electrons. The van der Waals surface area contributed by atoms with Gasteiger partial charge < -0.3 is 4.74 Å². The van der Waals surface area contributed by atoms with Gasteiger partial charge in [-0.05, 0) is 36.6 Å². The number of benzene rings is 1. The molecule has 0 atom stereocenters. The summed E-state index contributed by atoms with van der Waals surface area (Å²) in [5.41, 5.74) is 0.972. The van der Waals surface area contributed by atoms with E-state index in [1.54, 1.807) is 12.3 Å². The lowest BCUT2D eigenvalue weighted by atomic mass is 10.1. The van der Waals surface area contributed by atoms with Gasteiger partial charge in [-0.2, -0.15) is 0 Å². The van der Waals surface area contributed by atoms with E-state index in [2.05, 4.69) is 4.98 Å². The molecule has 0 amide bonds. The first-order valence-electron chi connectivity index (χ1n) is 4.27. The molecular weight excluding hydrogens is 178 g/mol. The van der Waals surface area contributed by atoms with E-state index in [1.165, 1.54) is 0 Å². The van der Waals surface area contributed by atoms with Crippen LogP contribution in [0.1, 0.15) is 5.69 Å². The molecule has 1 aromatic heterocycles. The Balaban J connectivity index is 2.61. The molecule has 1 aromatic carbocycles. The van der Waals surface area contributed by atoms with E-state index in [-0.39, 0.29) is 0 Å². The zero-order valence-electron chi connectivity index (χ0n) is 7.73. The van der Waals surface area contributed by atoms with Gasteiger partial charge in [0.1, 0.15) is 5.75 Å². The van der Waals surface area contributed by atoms with Crippen LogP contribution in [-0.4, -0.2) is 11.5 Å². The van der Waals surface area contributed by atoms with Crippen molar-refractivity contribution in [3.8, 4) is 5.75 Å². The van der Waals surface area contributed by atoms with Crippen molar-refractivity contribution < 1.29 is 9.53 Å². The van der Waals surface area contributed by atoms with Crippen molar-refractivity contribution in [2.75, 3.05) is 0 Å². The number of pyridine rings is 1. The summed E-state index contributed by atoms with van der Waals surface area (Å²) >= 11 is 0. The molecule has 2 aromatic rings. The van der Waals surface area contributed by atoms with Gasteiger partial charge in [-0.25, -0.2) is 0 Å². The first kappa shape index (κ1) is 8.69. The molecule has 0 bridgehead atoms. The summed E-state index contributed by atoms with van der Waals surface area (Å²) in [7, 11) is 0. The number of aryl methyl sites for hydroxylation is 1. The highest BCUT2D eigenvalue weighted by atomic mass is 16.5. The Hall–Kier alpha value is -1.90. The van der Waals surface area contributed by atoms with Gasteiger partial charge in [0.2, 0.25) is 0 Å². The quantitative estimate of drug-likeness (QED) is 0.675. The van der Waals surface area contributed by atoms with Crippen LogP contribution in [0.5, 0.6) is 5.75 Å². The van der Waals surface area contributed by atoms with E-state index in [9.17, 15) is 4.79 Å². The molecule has 0 unspecified atom stereocenters. The van der Waals surface area contributed by atoms with Crippen LogP contribution >= 0.6 is 0 Å². The Bertz CT molecular complexity index is 480. The Kier molecular flexibility index (Phi) is 2.14. The normalized spacial score (nSPS) is 10.1. The van der Waals surface area contributed by atoms with Crippen LogP contribution in [0.3, 0.4) is 0 Å². The number of nitrogens with zero attached hydrogens (tertiary/aromatic N) is 1. The molecule has 0 aliphatic rings. The molecule has 14 heavy (non-hydrogen) atoms. The molecule has 3 heteroatoms. The summed E-state index contributed by atoms with van der Waals surface area (Å²) in [5.74, 6) is 0.554. The number of hydrogen-bond donors (Lipinski definition) is 0. The third-order valence-electron chi connectivity index (χ3n) is 2.12. The Morgan fingerprint density at radius 2 is 2.21 bits per heavy atom. The van der Waals surface area contributed by atoms with Gasteiger partial charge in [0.25, 0.3) is 6.47 Å². The van der Waals surface area contributed by atoms with Crippen molar-refractivity contribution in [2.45, 2.75) is 6.92 Å². The minimum absolute atomic E-state index is 0.426. The van der Waals surface area contributed by atoms with Crippen LogP contribution < -0.4 is 4.74 Å². The lowest BCUT2D eigenvalue weighted by molar-refractivity contribution is -0.120. The van der Waals surface area contributed by atoms with E-state index in [1.807, 2.05) is 25.1 Å². The third-order valence-corrected chi connectivity index (χ3v) is 2.12. The Labute approximate surface area is 81.3 Å². The van der Waals surface area contributed by atoms with Gasteiger partial charge in [-0.15, -0.1) is 0 Å². The summed E-state index contributed by atoms with van der Waals surface area (Å²) < 4.78 is 4.75. The second-order valence-electron chi connectivity index (χ2n) is 2.99. The highest BCUT2D eigenvalue weighted by Crippen LogP contribution is 2.21. The maximum Gasteiger partial charge on any atom is 0.298 e. The van der Waals surface area contributed by atoms with E-state index in [0.29, 0.717) is 12.2 Å². The van der Waals surface area contributed by atoms with Crippen LogP contribution in [-0.2, 0) is 4.79 Å². The molecule has 0 spiro atoms. The highest BCUT2D eigenvalue weighted by molar-refractivity contribution is 5.85. The first-order valence-corrected chi connectivity index (χ1v) is 4.27. The fraction of sp³-hybridized carbons (Fsp3) is 0.0909. The maximum atomic E-state index is 10.1. The molecule has 0 saturated heterocycles. The number of aromatic nitrogens is 1. The molecule has 0 aliphatic carbocycles. The number of carbonyl (C=O) groups excluding carboxylic acids is 1. The second-order valence-corrected chi connectivity index (χ2v) is 2.99. The van der Waals surface area contributed by atoms with E-state index < -0.39 is 0 Å². The first-order chi connectivity index (χ1) is 6.81. The number of fused-ring (bicyclic) bond motifs is 1. The molecule has 2 rings (SSSR count). The standard InChI is InChI=1S/C11H9NO2/c1-8-11-3-2-10(14-7-13)6-9(11)4-5-12-8/h2-7H,1H3. The highest BCUT2D eigenvalue weighted by Gasteiger charge is 1.99. The van der Waals surface area contributed by atoms with Crippen LogP contribution in [0, 0.1) is 6.92 Å². The van der Waals surface area contributed by atoms with Gasteiger partial charge in [0, 0.05) is 17.3 Å². The fourth-order valence-electron chi connectivity index (χ4n) is 1.44. The van der Waals surface area contributed by atoms with Crippen LogP contribution in [0.15, 0.2) is 30.5 Å². The minimum Gasteiger partial charge on any atom is -0.429 e. The van der Waals surface area contributed by atoms with Crippen molar-refractivity contribution in [3.63, 3.8) is 0 Å². The predicted octanol–water partition coefficient (Wildman–Crippen LogP) is 2.08. The van der Waals surface area contributed by atoms with Crippen LogP contribution in [0.4, 0.5) is 0 Å². The molecular formula is C11H9NO2. The topological polar surface area (TPSA) is 39.2 Å². The molecule has 3 nitrogen and oxygen atoms in total. The SMILES string of the molecule is Cc1nccc2cc(OC=O)ccc12. The fourth-order valence-corrected chi connectivity index (χ4v) is 1.44. The molecule has 0 saturated carbocycles. The second kappa shape index (κ2) is 3.46. The molecule has 0 N–H and O–H groups in total.